The number of rotatable bonds is 3. The van der Waals surface area contributed by atoms with Crippen molar-refractivity contribution in [1.29, 1.82) is 0 Å². The number of carbonyl (C=O) groups excluding carboxylic acids is 1. The summed E-state index contributed by atoms with van der Waals surface area (Å²) in [6.45, 7) is 5.84. The number of hydrogen-bond acceptors (Lipinski definition) is 4. The Hall–Kier alpha value is -1.40. The number of carbonyl (C=O) groups is 1. The zero-order chi connectivity index (χ0) is 16.8. The van der Waals surface area contributed by atoms with Crippen LogP contribution in [0.4, 0.5) is 0 Å². The molecule has 6 heteroatoms. The van der Waals surface area contributed by atoms with Crippen LogP contribution in [0.5, 0.6) is 0 Å². The summed E-state index contributed by atoms with van der Waals surface area (Å²) in [6.07, 6.45) is 1.34. The minimum absolute atomic E-state index is 0.0272. The molecular formula is C17H24N2O3S. The summed E-state index contributed by atoms with van der Waals surface area (Å²) in [5, 5.41) is 0. The molecule has 0 aliphatic carbocycles. The molecule has 0 saturated carbocycles. The van der Waals surface area contributed by atoms with E-state index in [2.05, 4.69) is 18.9 Å². The monoisotopic (exact) mass is 336 g/mol. The van der Waals surface area contributed by atoms with Gasteiger partial charge in [0.1, 0.15) is 0 Å². The van der Waals surface area contributed by atoms with Crippen molar-refractivity contribution in [3.05, 3.63) is 29.8 Å². The molecule has 0 spiro atoms. The molecule has 126 valence electrons. The molecule has 0 aromatic heterocycles. The zero-order valence-electron chi connectivity index (χ0n) is 13.9. The van der Waals surface area contributed by atoms with Crippen LogP contribution in [-0.4, -0.2) is 63.6 Å². The minimum Gasteiger partial charge on any atom is -0.341 e. The van der Waals surface area contributed by atoms with Crippen molar-refractivity contribution in [2.45, 2.75) is 18.2 Å². The Balaban J connectivity index is 1.75. The van der Waals surface area contributed by atoms with Crippen LogP contribution >= 0.6 is 0 Å². The first-order valence-electron chi connectivity index (χ1n) is 7.93. The number of fused-ring (bicyclic) bond motifs is 1. The lowest BCUT2D eigenvalue weighted by atomic mass is 9.83. The van der Waals surface area contributed by atoms with E-state index in [0.717, 1.165) is 26.2 Å². The summed E-state index contributed by atoms with van der Waals surface area (Å²) in [6, 6.07) is 6.79. The second kappa shape index (κ2) is 5.60. The molecule has 0 radical (unpaired) electrons. The Kier molecular flexibility index (Phi) is 4.01. The lowest BCUT2D eigenvalue weighted by molar-refractivity contribution is -0.130. The first-order valence-corrected chi connectivity index (χ1v) is 9.82. The Morgan fingerprint density at radius 1 is 1.26 bits per heavy atom. The largest absolute Gasteiger partial charge is 0.341 e. The standard InChI is InChI=1S/C17H24N2O3S/c1-17-11-18(2)9-14(17)10-19(12-17)16(20)8-13-6-4-5-7-15(13)23(3,21)22/h4-7,14H,8-12H2,1-3H3/t14-,17+/m1/s1. The van der Waals surface area contributed by atoms with E-state index in [0.29, 0.717) is 11.5 Å². The fraction of sp³-hybridized carbons (Fsp3) is 0.588. The van der Waals surface area contributed by atoms with Crippen LogP contribution in [0.1, 0.15) is 12.5 Å². The van der Waals surface area contributed by atoms with Crippen LogP contribution in [0.3, 0.4) is 0 Å². The summed E-state index contributed by atoms with van der Waals surface area (Å²) in [4.78, 5) is 17.2. The van der Waals surface area contributed by atoms with Gasteiger partial charge in [-0.1, -0.05) is 25.1 Å². The van der Waals surface area contributed by atoms with Gasteiger partial charge in [-0.25, -0.2) is 8.42 Å². The SMILES string of the molecule is CN1C[C@@H]2CN(C(=O)Cc3ccccc3S(C)(=O)=O)C[C@]2(C)C1. The van der Waals surface area contributed by atoms with E-state index in [-0.39, 0.29) is 22.6 Å². The fourth-order valence-corrected chi connectivity index (χ4v) is 5.05. The van der Waals surface area contributed by atoms with Gasteiger partial charge in [-0.3, -0.25) is 4.79 Å². The number of sulfone groups is 1. The molecule has 1 aromatic rings. The Morgan fingerprint density at radius 2 is 1.96 bits per heavy atom. The number of hydrogen-bond donors (Lipinski definition) is 0. The van der Waals surface area contributed by atoms with Gasteiger partial charge in [0.25, 0.3) is 0 Å². The van der Waals surface area contributed by atoms with Crippen molar-refractivity contribution in [2.75, 3.05) is 39.5 Å². The van der Waals surface area contributed by atoms with Crippen molar-refractivity contribution in [3.63, 3.8) is 0 Å². The average molecular weight is 336 g/mol. The summed E-state index contributed by atoms with van der Waals surface area (Å²) < 4.78 is 23.7. The van der Waals surface area contributed by atoms with Gasteiger partial charge in [-0.15, -0.1) is 0 Å². The zero-order valence-corrected chi connectivity index (χ0v) is 14.8. The van der Waals surface area contributed by atoms with Gasteiger partial charge in [0, 0.05) is 37.8 Å². The summed E-state index contributed by atoms with van der Waals surface area (Å²) >= 11 is 0. The Morgan fingerprint density at radius 3 is 2.61 bits per heavy atom. The third-order valence-electron chi connectivity index (χ3n) is 5.21. The molecule has 23 heavy (non-hydrogen) atoms. The second-order valence-electron chi connectivity index (χ2n) is 7.38. The molecule has 3 rings (SSSR count). The van der Waals surface area contributed by atoms with E-state index in [1.54, 1.807) is 24.3 Å². The van der Waals surface area contributed by atoms with Crippen LogP contribution in [-0.2, 0) is 21.1 Å². The molecule has 2 aliphatic heterocycles. The highest BCUT2D eigenvalue weighted by atomic mass is 32.2. The Bertz CT molecular complexity index is 731. The highest BCUT2D eigenvalue weighted by Crippen LogP contribution is 2.41. The summed E-state index contributed by atoms with van der Waals surface area (Å²) in [7, 11) is -1.19. The maximum Gasteiger partial charge on any atom is 0.227 e. The molecule has 0 unspecified atom stereocenters. The molecule has 2 fully saturated rings. The molecule has 1 amide bonds. The first kappa shape index (κ1) is 16.5. The van der Waals surface area contributed by atoms with Crippen molar-refractivity contribution in [3.8, 4) is 0 Å². The van der Waals surface area contributed by atoms with Gasteiger partial charge in [0.05, 0.1) is 11.3 Å². The van der Waals surface area contributed by atoms with E-state index >= 15 is 0 Å². The van der Waals surface area contributed by atoms with Gasteiger partial charge in [0.2, 0.25) is 5.91 Å². The van der Waals surface area contributed by atoms with Crippen LogP contribution in [0.2, 0.25) is 0 Å². The molecule has 2 atom stereocenters. The van der Waals surface area contributed by atoms with Gasteiger partial charge in [-0.2, -0.15) is 0 Å². The molecular weight excluding hydrogens is 312 g/mol. The highest BCUT2D eigenvalue weighted by molar-refractivity contribution is 7.90. The van der Waals surface area contributed by atoms with E-state index in [1.807, 2.05) is 4.90 Å². The highest BCUT2D eigenvalue weighted by Gasteiger charge is 2.49. The van der Waals surface area contributed by atoms with Crippen molar-refractivity contribution in [1.82, 2.24) is 9.80 Å². The minimum atomic E-state index is -3.31. The second-order valence-corrected chi connectivity index (χ2v) is 9.36. The van der Waals surface area contributed by atoms with E-state index in [4.69, 9.17) is 0 Å². The average Bonchev–Trinajstić information content (AvgIpc) is 2.88. The number of likely N-dealkylation sites (tertiary alicyclic amines) is 2. The first-order chi connectivity index (χ1) is 10.7. The molecule has 2 saturated heterocycles. The smallest absolute Gasteiger partial charge is 0.227 e. The van der Waals surface area contributed by atoms with Gasteiger partial charge in [-0.05, 0) is 24.6 Å². The van der Waals surface area contributed by atoms with Crippen molar-refractivity contribution in [2.24, 2.45) is 11.3 Å². The van der Waals surface area contributed by atoms with Crippen molar-refractivity contribution < 1.29 is 13.2 Å². The molecule has 2 aliphatic rings. The van der Waals surface area contributed by atoms with Gasteiger partial charge in [0.15, 0.2) is 9.84 Å². The normalized spacial score (nSPS) is 28.1. The maximum absolute atomic E-state index is 12.7. The van der Waals surface area contributed by atoms with Crippen LogP contribution in [0.25, 0.3) is 0 Å². The number of nitrogens with zero attached hydrogens (tertiary/aromatic N) is 2. The van der Waals surface area contributed by atoms with Crippen molar-refractivity contribution >= 4 is 15.7 Å². The summed E-state index contributed by atoms with van der Waals surface area (Å²) in [5.41, 5.74) is 0.764. The Labute approximate surface area is 138 Å². The number of amides is 1. The molecule has 5 nitrogen and oxygen atoms in total. The van der Waals surface area contributed by atoms with Gasteiger partial charge >= 0.3 is 0 Å². The van der Waals surface area contributed by atoms with E-state index < -0.39 is 9.84 Å². The van der Waals surface area contributed by atoms with E-state index in [1.165, 1.54) is 6.26 Å². The molecule has 0 N–H and O–H groups in total. The lowest BCUT2D eigenvalue weighted by Crippen LogP contribution is -2.35. The van der Waals surface area contributed by atoms with Crippen LogP contribution in [0, 0.1) is 11.3 Å². The predicted octanol–water partition coefficient (Wildman–Crippen LogP) is 1.04. The lowest BCUT2D eigenvalue weighted by Gasteiger charge is -2.24. The predicted molar refractivity (Wildman–Crippen MR) is 88.9 cm³/mol. The molecule has 0 bridgehead atoms. The topological polar surface area (TPSA) is 57.7 Å². The van der Waals surface area contributed by atoms with Gasteiger partial charge < -0.3 is 9.80 Å². The third kappa shape index (κ3) is 3.15. The van der Waals surface area contributed by atoms with Crippen LogP contribution in [0.15, 0.2) is 29.2 Å². The molecule has 1 aromatic carbocycles. The quantitative estimate of drug-likeness (QED) is 0.828. The third-order valence-corrected chi connectivity index (χ3v) is 6.41. The summed E-state index contributed by atoms with van der Waals surface area (Å²) in [5.74, 6) is 0.543. The molecule has 2 heterocycles. The van der Waals surface area contributed by atoms with Crippen LogP contribution < -0.4 is 0 Å². The van der Waals surface area contributed by atoms with E-state index in [9.17, 15) is 13.2 Å². The number of benzene rings is 1. The maximum atomic E-state index is 12.7. The fourth-order valence-electron chi connectivity index (χ4n) is 4.11.